The van der Waals surface area contributed by atoms with Gasteiger partial charge >= 0.3 is 5.97 Å². The van der Waals surface area contributed by atoms with Crippen LogP contribution in [0.1, 0.15) is 0 Å². The predicted octanol–water partition coefficient (Wildman–Crippen LogP) is -0.145. The Morgan fingerprint density at radius 2 is 2.22 bits per heavy atom. The molecule has 7 nitrogen and oxygen atoms in total. The van der Waals surface area contributed by atoms with Crippen LogP contribution in [0.25, 0.3) is 10.9 Å². The molecular weight excluding hydrogens is 236 g/mol. The number of anilines is 1. The number of hydrazine groups is 1. The zero-order valence-corrected chi connectivity index (χ0v) is 9.71. The average Bonchev–Trinajstić information content (AvgIpc) is 2.41. The predicted molar refractivity (Wildman–Crippen MR) is 65.8 cm³/mol. The number of nitrogen functional groups attached to an aromatic ring is 1. The number of esters is 1. The maximum absolute atomic E-state index is 12.2. The highest BCUT2D eigenvalue weighted by atomic mass is 16.5. The molecule has 18 heavy (non-hydrogen) atoms. The number of ether oxygens (including phenoxy) is 1. The van der Waals surface area contributed by atoms with Gasteiger partial charge in [0, 0.05) is 0 Å². The summed E-state index contributed by atoms with van der Waals surface area (Å²) < 4.78 is 5.66. The van der Waals surface area contributed by atoms with E-state index in [-0.39, 0.29) is 18.1 Å². The van der Waals surface area contributed by atoms with Crippen LogP contribution in [0.3, 0.4) is 0 Å². The average molecular weight is 248 g/mol. The summed E-state index contributed by atoms with van der Waals surface area (Å²) in [6.45, 7) is -0.243. The van der Waals surface area contributed by atoms with Crippen molar-refractivity contribution >= 4 is 22.8 Å². The van der Waals surface area contributed by atoms with Crippen molar-refractivity contribution in [3.8, 4) is 0 Å². The Bertz CT molecular complexity index is 650. The van der Waals surface area contributed by atoms with Gasteiger partial charge in [-0.05, 0) is 12.1 Å². The Balaban J connectivity index is 2.66. The molecule has 0 bridgehead atoms. The largest absolute Gasteiger partial charge is 0.468 e. The number of aromatic nitrogens is 2. The van der Waals surface area contributed by atoms with E-state index in [1.165, 1.54) is 7.11 Å². The number of benzene rings is 1. The van der Waals surface area contributed by atoms with Gasteiger partial charge in [0.2, 0.25) is 5.95 Å². The first-order valence-corrected chi connectivity index (χ1v) is 5.20. The normalized spacial score (nSPS) is 10.3. The summed E-state index contributed by atoms with van der Waals surface area (Å²) >= 11 is 0. The number of para-hydroxylation sites is 1. The van der Waals surface area contributed by atoms with Crippen LogP contribution in [0.15, 0.2) is 29.1 Å². The number of nitrogens with zero attached hydrogens (tertiary/aromatic N) is 2. The van der Waals surface area contributed by atoms with Gasteiger partial charge in [0.15, 0.2) is 0 Å². The number of nitrogens with one attached hydrogen (secondary N) is 1. The van der Waals surface area contributed by atoms with E-state index >= 15 is 0 Å². The smallest absolute Gasteiger partial charge is 0.325 e. The molecule has 0 radical (unpaired) electrons. The van der Waals surface area contributed by atoms with Crippen LogP contribution in [0.5, 0.6) is 0 Å². The molecule has 2 aromatic rings. The van der Waals surface area contributed by atoms with E-state index in [9.17, 15) is 9.59 Å². The minimum Gasteiger partial charge on any atom is -0.468 e. The van der Waals surface area contributed by atoms with Crippen molar-refractivity contribution in [3.05, 3.63) is 34.6 Å². The number of hydrogen-bond donors (Lipinski definition) is 2. The van der Waals surface area contributed by atoms with Crippen LogP contribution in [0, 0.1) is 0 Å². The van der Waals surface area contributed by atoms with E-state index in [0.29, 0.717) is 10.9 Å². The maximum atomic E-state index is 12.2. The monoisotopic (exact) mass is 248 g/mol. The second kappa shape index (κ2) is 4.84. The van der Waals surface area contributed by atoms with Gasteiger partial charge in [0.1, 0.15) is 6.54 Å². The van der Waals surface area contributed by atoms with Crippen LogP contribution in [-0.2, 0) is 16.1 Å². The van der Waals surface area contributed by atoms with Gasteiger partial charge in [0.25, 0.3) is 5.56 Å². The SMILES string of the molecule is COC(=O)Cn1c(NN)nc2ccccc2c1=O. The highest BCUT2D eigenvalue weighted by Gasteiger charge is 2.13. The number of carbonyl (C=O) groups excluding carboxylic acids is 1. The molecule has 1 heterocycles. The molecule has 1 aromatic carbocycles. The van der Waals surface area contributed by atoms with Gasteiger partial charge in [-0.15, -0.1) is 0 Å². The fourth-order valence-corrected chi connectivity index (χ4v) is 1.62. The van der Waals surface area contributed by atoms with Gasteiger partial charge in [-0.2, -0.15) is 0 Å². The zero-order valence-electron chi connectivity index (χ0n) is 9.71. The summed E-state index contributed by atoms with van der Waals surface area (Å²) in [5.41, 5.74) is 2.46. The number of nitrogens with two attached hydrogens (primary N) is 1. The molecule has 0 aliphatic carbocycles. The Kier molecular flexibility index (Phi) is 3.24. The molecule has 2 rings (SSSR count). The molecule has 7 heteroatoms. The molecular formula is C11H12N4O3. The lowest BCUT2D eigenvalue weighted by atomic mass is 10.2. The van der Waals surface area contributed by atoms with Crippen LogP contribution in [0.2, 0.25) is 0 Å². The van der Waals surface area contributed by atoms with Crippen molar-refractivity contribution in [2.45, 2.75) is 6.54 Å². The lowest BCUT2D eigenvalue weighted by molar-refractivity contribution is -0.141. The van der Waals surface area contributed by atoms with Crippen molar-refractivity contribution in [3.63, 3.8) is 0 Å². The Labute approximate surface area is 102 Å². The molecule has 94 valence electrons. The standard InChI is InChI=1S/C11H12N4O3/c1-18-9(16)6-15-10(17)7-4-2-3-5-8(7)13-11(15)14-12/h2-5H,6,12H2,1H3,(H,13,14). The van der Waals surface area contributed by atoms with Gasteiger partial charge < -0.3 is 4.74 Å². The summed E-state index contributed by atoms with van der Waals surface area (Å²) in [6, 6.07) is 6.82. The first-order chi connectivity index (χ1) is 8.67. The van der Waals surface area contributed by atoms with Crippen LogP contribution in [-0.4, -0.2) is 22.6 Å². The zero-order chi connectivity index (χ0) is 13.1. The van der Waals surface area contributed by atoms with Crippen molar-refractivity contribution < 1.29 is 9.53 Å². The Morgan fingerprint density at radius 1 is 1.50 bits per heavy atom. The molecule has 0 amide bonds. The third-order valence-corrected chi connectivity index (χ3v) is 2.51. The Morgan fingerprint density at radius 3 is 2.89 bits per heavy atom. The highest BCUT2D eigenvalue weighted by Crippen LogP contribution is 2.10. The number of carbonyl (C=O) groups is 1. The van der Waals surface area contributed by atoms with E-state index in [2.05, 4.69) is 15.1 Å². The van der Waals surface area contributed by atoms with Crippen LogP contribution in [0.4, 0.5) is 5.95 Å². The van der Waals surface area contributed by atoms with Gasteiger partial charge in [-0.1, -0.05) is 12.1 Å². The molecule has 1 aromatic heterocycles. The van der Waals surface area contributed by atoms with Crippen molar-refractivity contribution in [2.24, 2.45) is 5.84 Å². The minimum atomic E-state index is -0.550. The summed E-state index contributed by atoms with van der Waals surface area (Å²) in [5.74, 6) is 4.87. The summed E-state index contributed by atoms with van der Waals surface area (Å²) in [7, 11) is 1.25. The van der Waals surface area contributed by atoms with Gasteiger partial charge in [-0.25, -0.2) is 10.8 Å². The van der Waals surface area contributed by atoms with Crippen molar-refractivity contribution in [1.29, 1.82) is 0 Å². The molecule has 3 N–H and O–H groups in total. The third kappa shape index (κ3) is 2.03. The molecule has 0 saturated carbocycles. The second-order valence-corrected chi connectivity index (χ2v) is 3.56. The quantitative estimate of drug-likeness (QED) is 0.445. The number of methoxy groups -OCH3 is 1. The number of fused-ring (bicyclic) bond motifs is 1. The number of hydrogen-bond acceptors (Lipinski definition) is 6. The fourth-order valence-electron chi connectivity index (χ4n) is 1.62. The minimum absolute atomic E-state index is 0.115. The fraction of sp³-hybridized carbons (Fsp3) is 0.182. The first-order valence-electron chi connectivity index (χ1n) is 5.20. The van der Waals surface area contributed by atoms with Gasteiger partial charge in [-0.3, -0.25) is 19.6 Å². The van der Waals surface area contributed by atoms with E-state index in [4.69, 9.17) is 5.84 Å². The number of rotatable bonds is 3. The summed E-state index contributed by atoms with van der Waals surface area (Å²) in [6.07, 6.45) is 0. The maximum Gasteiger partial charge on any atom is 0.325 e. The molecule has 0 aliphatic heterocycles. The molecule has 0 aliphatic rings. The lowest BCUT2D eigenvalue weighted by Crippen LogP contribution is -2.30. The van der Waals surface area contributed by atoms with E-state index in [1.807, 2.05) is 0 Å². The van der Waals surface area contributed by atoms with Crippen molar-refractivity contribution in [1.82, 2.24) is 9.55 Å². The van der Waals surface area contributed by atoms with Crippen molar-refractivity contribution in [2.75, 3.05) is 12.5 Å². The lowest BCUT2D eigenvalue weighted by Gasteiger charge is -2.11. The molecule has 0 saturated heterocycles. The molecule has 0 spiro atoms. The summed E-state index contributed by atoms with van der Waals surface area (Å²) in [4.78, 5) is 27.6. The van der Waals surface area contributed by atoms with E-state index < -0.39 is 5.97 Å². The molecule has 0 unspecified atom stereocenters. The molecule has 0 atom stereocenters. The van der Waals surface area contributed by atoms with E-state index in [1.54, 1.807) is 24.3 Å². The van der Waals surface area contributed by atoms with Gasteiger partial charge in [0.05, 0.1) is 18.0 Å². The summed E-state index contributed by atoms with van der Waals surface area (Å²) in [5, 5.41) is 0.417. The third-order valence-electron chi connectivity index (χ3n) is 2.51. The van der Waals surface area contributed by atoms with Crippen LogP contribution < -0.4 is 16.8 Å². The topological polar surface area (TPSA) is 99.2 Å². The first kappa shape index (κ1) is 12.1. The second-order valence-electron chi connectivity index (χ2n) is 3.56. The molecule has 0 fully saturated rings. The highest BCUT2D eigenvalue weighted by molar-refractivity contribution is 5.79. The van der Waals surface area contributed by atoms with E-state index in [0.717, 1.165) is 4.57 Å². The Hall–Kier alpha value is -2.41. The van der Waals surface area contributed by atoms with Crippen LogP contribution >= 0.6 is 0 Å².